The zero-order valence-electron chi connectivity index (χ0n) is 16.8. The molecule has 3 rings (SSSR count). The summed E-state index contributed by atoms with van der Waals surface area (Å²) >= 11 is 0. The summed E-state index contributed by atoms with van der Waals surface area (Å²) in [5.41, 5.74) is 3.32. The van der Waals surface area contributed by atoms with Crippen LogP contribution < -0.4 is 9.47 Å². The lowest BCUT2D eigenvalue weighted by atomic mass is 9.95. The second kappa shape index (κ2) is 9.13. The minimum Gasteiger partial charge on any atom is -0.493 e. The summed E-state index contributed by atoms with van der Waals surface area (Å²) in [7, 11) is 3.68. The number of carbonyl (C=O) groups is 2. The Morgan fingerprint density at radius 3 is 2.90 bits per heavy atom. The van der Waals surface area contributed by atoms with Crippen LogP contribution in [0.4, 0.5) is 0 Å². The molecule has 2 atom stereocenters. The molecule has 0 bridgehead atoms. The fourth-order valence-corrected chi connectivity index (χ4v) is 3.73. The molecule has 2 aliphatic heterocycles. The standard InChI is InChI=1S/C22H27NO6/c1-4-15(28-20(26)7-5-6-19(24)25)12-18-16-10-11-23(2)13-14-8-9-17(27-3)22(29-18)21(14)16/h4,8-10,15,18H,1,5-7,11-13H2,2-3H3,(H,24,25)/t15-,18-/m0/s1. The van der Waals surface area contributed by atoms with Crippen molar-refractivity contribution in [3.63, 3.8) is 0 Å². The molecule has 0 spiro atoms. The average molecular weight is 401 g/mol. The van der Waals surface area contributed by atoms with Gasteiger partial charge in [0.15, 0.2) is 11.5 Å². The second-order valence-corrected chi connectivity index (χ2v) is 7.34. The molecule has 0 saturated carbocycles. The van der Waals surface area contributed by atoms with E-state index in [-0.39, 0.29) is 25.4 Å². The van der Waals surface area contributed by atoms with Gasteiger partial charge in [0, 0.05) is 43.5 Å². The first kappa shape index (κ1) is 20.9. The Morgan fingerprint density at radius 2 is 2.21 bits per heavy atom. The van der Waals surface area contributed by atoms with E-state index in [1.807, 2.05) is 6.07 Å². The quantitative estimate of drug-likeness (QED) is 0.503. The Morgan fingerprint density at radius 1 is 1.41 bits per heavy atom. The normalized spacial score (nSPS) is 18.7. The monoisotopic (exact) mass is 401 g/mol. The van der Waals surface area contributed by atoms with Crippen molar-refractivity contribution in [1.82, 2.24) is 4.90 Å². The van der Waals surface area contributed by atoms with Gasteiger partial charge in [-0.2, -0.15) is 0 Å². The predicted octanol–water partition coefficient (Wildman–Crippen LogP) is 3.03. The predicted molar refractivity (Wildman–Crippen MR) is 108 cm³/mol. The third-order valence-electron chi connectivity index (χ3n) is 5.15. The van der Waals surface area contributed by atoms with Gasteiger partial charge >= 0.3 is 11.9 Å². The fraction of sp³-hybridized carbons (Fsp3) is 0.455. The highest BCUT2D eigenvalue weighted by molar-refractivity contribution is 5.82. The van der Waals surface area contributed by atoms with Gasteiger partial charge in [-0.1, -0.05) is 24.8 Å². The summed E-state index contributed by atoms with van der Waals surface area (Å²) in [6, 6.07) is 3.98. The van der Waals surface area contributed by atoms with Crippen molar-refractivity contribution < 1.29 is 28.9 Å². The molecule has 1 aromatic carbocycles. The fourth-order valence-electron chi connectivity index (χ4n) is 3.73. The molecule has 0 unspecified atom stereocenters. The van der Waals surface area contributed by atoms with Crippen LogP contribution in [0, 0.1) is 0 Å². The van der Waals surface area contributed by atoms with Crippen molar-refractivity contribution in [3.05, 3.63) is 42.0 Å². The lowest BCUT2D eigenvalue weighted by Gasteiger charge is -2.20. The van der Waals surface area contributed by atoms with Crippen LogP contribution in [0.25, 0.3) is 5.57 Å². The highest BCUT2D eigenvalue weighted by atomic mass is 16.5. The lowest BCUT2D eigenvalue weighted by molar-refractivity contribution is -0.147. The van der Waals surface area contributed by atoms with Crippen LogP contribution in [0.5, 0.6) is 11.5 Å². The molecule has 0 amide bonds. The lowest BCUT2D eigenvalue weighted by Crippen LogP contribution is -2.25. The van der Waals surface area contributed by atoms with Crippen LogP contribution in [-0.2, 0) is 20.9 Å². The molecular formula is C22H27NO6. The minimum atomic E-state index is -0.926. The number of carboxylic acids is 1. The van der Waals surface area contributed by atoms with Crippen LogP contribution in [0.15, 0.2) is 30.9 Å². The molecule has 1 aromatic rings. The molecule has 29 heavy (non-hydrogen) atoms. The van der Waals surface area contributed by atoms with Crippen LogP contribution in [0.3, 0.4) is 0 Å². The first-order valence-electron chi connectivity index (χ1n) is 9.72. The number of methoxy groups -OCH3 is 1. The minimum absolute atomic E-state index is 0.0577. The Balaban J connectivity index is 1.74. The molecule has 2 aliphatic rings. The van der Waals surface area contributed by atoms with Gasteiger partial charge in [-0.3, -0.25) is 14.5 Å². The van der Waals surface area contributed by atoms with Crippen LogP contribution in [0.1, 0.15) is 36.8 Å². The molecule has 1 N–H and O–H groups in total. The molecule has 0 aromatic heterocycles. The molecular weight excluding hydrogens is 374 g/mol. The van der Waals surface area contributed by atoms with Crippen molar-refractivity contribution in [2.24, 2.45) is 0 Å². The van der Waals surface area contributed by atoms with Crippen molar-refractivity contribution in [3.8, 4) is 11.5 Å². The molecule has 0 saturated heterocycles. The SMILES string of the molecule is C=C[C@@H](C[C@@H]1Oc2c(OC)ccc3c2C1=CCN(C)C3)OC(=O)CCCC(=O)O. The van der Waals surface area contributed by atoms with E-state index in [1.54, 1.807) is 13.2 Å². The van der Waals surface area contributed by atoms with E-state index in [0.29, 0.717) is 12.2 Å². The topological polar surface area (TPSA) is 85.3 Å². The van der Waals surface area contributed by atoms with Gasteiger partial charge in [0.05, 0.1) is 7.11 Å². The second-order valence-electron chi connectivity index (χ2n) is 7.34. The van der Waals surface area contributed by atoms with E-state index >= 15 is 0 Å². The van der Waals surface area contributed by atoms with Crippen LogP contribution in [-0.4, -0.2) is 54.9 Å². The molecule has 0 fully saturated rings. The Bertz CT molecular complexity index is 831. The first-order chi connectivity index (χ1) is 13.9. The zero-order chi connectivity index (χ0) is 21.0. The number of nitrogens with zero attached hydrogens (tertiary/aromatic N) is 1. The third kappa shape index (κ3) is 4.79. The summed E-state index contributed by atoms with van der Waals surface area (Å²) in [5, 5.41) is 8.69. The zero-order valence-corrected chi connectivity index (χ0v) is 16.8. The molecule has 2 heterocycles. The van der Waals surface area contributed by atoms with Gasteiger partial charge in [0.2, 0.25) is 0 Å². The summed E-state index contributed by atoms with van der Waals surface area (Å²) in [5.74, 6) is 0.0550. The maximum absolute atomic E-state index is 12.1. The van der Waals surface area contributed by atoms with Gasteiger partial charge in [-0.05, 0) is 25.1 Å². The third-order valence-corrected chi connectivity index (χ3v) is 5.15. The molecule has 7 heteroatoms. The van der Waals surface area contributed by atoms with E-state index in [1.165, 1.54) is 5.56 Å². The Labute approximate surface area is 170 Å². The van der Waals surface area contributed by atoms with Gasteiger partial charge < -0.3 is 19.3 Å². The maximum Gasteiger partial charge on any atom is 0.306 e. The summed E-state index contributed by atoms with van der Waals surface area (Å²) in [4.78, 5) is 24.9. The summed E-state index contributed by atoms with van der Waals surface area (Å²) in [6.07, 6.45) is 3.63. The number of likely N-dealkylation sites (N-methyl/N-ethyl adjacent to an activating group) is 1. The van der Waals surface area contributed by atoms with E-state index in [9.17, 15) is 9.59 Å². The molecule has 0 radical (unpaired) electrons. The smallest absolute Gasteiger partial charge is 0.306 e. The number of rotatable bonds is 9. The summed E-state index contributed by atoms with van der Waals surface area (Å²) in [6.45, 7) is 5.38. The number of carboxylic acid groups (broad SMARTS) is 1. The molecule has 7 nitrogen and oxygen atoms in total. The number of hydrogen-bond donors (Lipinski definition) is 1. The first-order valence-corrected chi connectivity index (χ1v) is 9.72. The van der Waals surface area contributed by atoms with Crippen molar-refractivity contribution in [2.75, 3.05) is 20.7 Å². The van der Waals surface area contributed by atoms with Crippen molar-refractivity contribution in [2.45, 2.75) is 44.4 Å². The number of esters is 1. The number of benzene rings is 1. The summed E-state index contributed by atoms with van der Waals surface area (Å²) < 4.78 is 17.2. The van der Waals surface area contributed by atoms with Gasteiger partial charge in [-0.25, -0.2) is 0 Å². The Kier molecular flexibility index (Phi) is 6.59. The average Bonchev–Trinajstić information content (AvgIpc) is 2.94. The van der Waals surface area contributed by atoms with E-state index < -0.39 is 18.0 Å². The van der Waals surface area contributed by atoms with E-state index in [2.05, 4.69) is 30.7 Å². The largest absolute Gasteiger partial charge is 0.493 e. The number of carbonyl (C=O) groups excluding carboxylic acids is 1. The van der Waals surface area contributed by atoms with Crippen molar-refractivity contribution >= 4 is 17.5 Å². The number of aliphatic carboxylic acids is 1. The van der Waals surface area contributed by atoms with E-state index in [4.69, 9.17) is 19.3 Å². The molecule has 156 valence electrons. The van der Waals surface area contributed by atoms with Gasteiger partial charge in [0.25, 0.3) is 0 Å². The highest BCUT2D eigenvalue weighted by Crippen LogP contribution is 2.48. The highest BCUT2D eigenvalue weighted by Gasteiger charge is 2.36. The van der Waals surface area contributed by atoms with Gasteiger partial charge in [0.1, 0.15) is 12.2 Å². The Hall–Kier alpha value is -2.80. The number of ether oxygens (including phenoxy) is 3. The van der Waals surface area contributed by atoms with E-state index in [0.717, 1.165) is 30.0 Å². The van der Waals surface area contributed by atoms with Gasteiger partial charge in [-0.15, -0.1) is 0 Å². The van der Waals surface area contributed by atoms with Crippen LogP contribution in [0.2, 0.25) is 0 Å². The maximum atomic E-state index is 12.1. The number of hydrogen-bond acceptors (Lipinski definition) is 6. The van der Waals surface area contributed by atoms with Crippen molar-refractivity contribution in [1.29, 1.82) is 0 Å². The molecule has 0 aliphatic carbocycles. The van der Waals surface area contributed by atoms with Crippen LogP contribution >= 0.6 is 0 Å².